The molecule has 0 radical (unpaired) electrons. The summed E-state index contributed by atoms with van der Waals surface area (Å²) in [6.07, 6.45) is 1.94. The molecule has 0 aliphatic rings. The Morgan fingerprint density at radius 3 is 2.77 bits per heavy atom. The van der Waals surface area contributed by atoms with E-state index in [0.717, 1.165) is 0 Å². The van der Waals surface area contributed by atoms with Gasteiger partial charge in [0.15, 0.2) is 12.1 Å². The van der Waals surface area contributed by atoms with Crippen molar-refractivity contribution in [3.05, 3.63) is 29.6 Å². The molecule has 0 spiro atoms. The highest BCUT2D eigenvalue weighted by Crippen LogP contribution is 1.99. The van der Waals surface area contributed by atoms with Crippen LogP contribution in [0.5, 0.6) is 0 Å². The number of ketones is 1. The summed E-state index contributed by atoms with van der Waals surface area (Å²) in [6, 6.07) is 3.23. The Morgan fingerprint density at radius 2 is 2.31 bits per heavy atom. The third-order valence-electron chi connectivity index (χ3n) is 1.43. The number of aldehydes is 1. The average Bonchev–Trinajstić information content (AvgIpc) is 2.15. The van der Waals surface area contributed by atoms with Crippen molar-refractivity contribution in [1.82, 2.24) is 4.98 Å². The number of hydrogen-bond acceptors (Lipinski definition) is 3. The Bertz CT molecular complexity index is 382. The number of pyridine rings is 1. The van der Waals surface area contributed by atoms with Crippen LogP contribution in [0.4, 0.5) is 0 Å². The molecule has 0 N–H and O–H groups in total. The first-order chi connectivity index (χ1) is 6.24. The minimum absolute atomic E-state index is 0.0394. The lowest BCUT2D eigenvalue weighted by atomic mass is 10.2. The predicted molar refractivity (Wildman–Crippen MR) is 47.2 cm³/mol. The monoisotopic (exact) mass is 173 g/mol. The van der Waals surface area contributed by atoms with Crippen molar-refractivity contribution >= 4 is 12.1 Å². The lowest BCUT2D eigenvalue weighted by Crippen LogP contribution is -1.93. The van der Waals surface area contributed by atoms with Gasteiger partial charge in [0, 0.05) is 11.8 Å². The lowest BCUT2D eigenvalue weighted by molar-refractivity contribution is -0.103. The second-order valence-corrected chi connectivity index (χ2v) is 2.38. The molecule has 0 aliphatic carbocycles. The molecule has 13 heavy (non-hydrogen) atoms. The van der Waals surface area contributed by atoms with Gasteiger partial charge in [-0.3, -0.25) is 9.59 Å². The van der Waals surface area contributed by atoms with E-state index >= 15 is 0 Å². The zero-order chi connectivity index (χ0) is 9.68. The van der Waals surface area contributed by atoms with E-state index in [0.29, 0.717) is 17.5 Å². The largest absolute Gasteiger partial charge is 0.294 e. The van der Waals surface area contributed by atoms with Gasteiger partial charge in [-0.2, -0.15) is 0 Å². The van der Waals surface area contributed by atoms with Crippen LogP contribution in [0.3, 0.4) is 0 Å². The van der Waals surface area contributed by atoms with Crippen LogP contribution in [0.1, 0.15) is 23.0 Å². The van der Waals surface area contributed by atoms with Gasteiger partial charge in [-0.1, -0.05) is 0 Å². The number of Topliss-reactive ketones (excluding diaryl/α,β-unsaturated/α-hetero) is 1. The lowest BCUT2D eigenvalue weighted by Gasteiger charge is -1.93. The first-order valence-electron chi connectivity index (χ1n) is 3.66. The van der Waals surface area contributed by atoms with Crippen molar-refractivity contribution < 1.29 is 9.59 Å². The van der Waals surface area contributed by atoms with Gasteiger partial charge in [0.25, 0.3) is 0 Å². The summed E-state index contributed by atoms with van der Waals surface area (Å²) >= 11 is 0. The fourth-order valence-electron chi connectivity index (χ4n) is 0.779. The Kier molecular flexibility index (Phi) is 2.93. The number of hydrogen-bond donors (Lipinski definition) is 0. The number of rotatable bonds is 1. The third kappa shape index (κ3) is 2.53. The van der Waals surface area contributed by atoms with Gasteiger partial charge in [-0.05, 0) is 30.9 Å². The minimum atomic E-state index is -0.0394. The van der Waals surface area contributed by atoms with Gasteiger partial charge in [0.2, 0.25) is 0 Å². The van der Waals surface area contributed by atoms with Crippen LogP contribution >= 0.6 is 0 Å². The van der Waals surface area contributed by atoms with Crippen LogP contribution in [-0.2, 0) is 4.79 Å². The van der Waals surface area contributed by atoms with Gasteiger partial charge in [-0.25, -0.2) is 4.98 Å². The van der Waals surface area contributed by atoms with E-state index in [1.807, 2.05) is 0 Å². The summed E-state index contributed by atoms with van der Waals surface area (Å²) in [6.45, 7) is 1.47. The van der Waals surface area contributed by atoms with Crippen molar-refractivity contribution in [3.63, 3.8) is 0 Å². The standard InChI is InChI=1S/C10H7NO2/c1-8(13)9-4-5-10(11-7-9)3-2-6-12/h4-7H,1H3. The van der Waals surface area contributed by atoms with E-state index in [-0.39, 0.29) is 5.78 Å². The van der Waals surface area contributed by atoms with Gasteiger partial charge >= 0.3 is 0 Å². The minimum Gasteiger partial charge on any atom is -0.294 e. The van der Waals surface area contributed by atoms with Crippen molar-refractivity contribution in [2.75, 3.05) is 0 Å². The Labute approximate surface area is 75.8 Å². The van der Waals surface area contributed by atoms with Crippen LogP contribution in [-0.4, -0.2) is 17.1 Å². The first-order valence-corrected chi connectivity index (χ1v) is 3.66. The molecule has 0 amide bonds. The van der Waals surface area contributed by atoms with E-state index in [1.165, 1.54) is 13.1 Å². The summed E-state index contributed by atoms with van der Waals surface area (Å²) in [5.41, 5.74) is 1.02. The zero-order valence-electron chi connectivity index (χ0n) is 7.07. The highest BCUT2D eigenvalue weighted by Gasteiger charge is 1.97. The van der Waals surface area contributed by atoms with Crippen molar-refractivity contribution in [2.24, 2.45) is 0 Å². The summed E-state index contributed by atoms with van der Waals surface area (Å²) < 4.78 is 0. The second kappa shape index (κ2) is 4.17. The van der Waals surface area contributed by atoms with E-state index in [2.05, 4.69) is 16.8 Å². The van der Waals surface area contributed by atoms with Gasteiger partial charge in [-0.15, -0.1) is 0 Å². The predicted octanol–water partition coefficient (Wildman–Crippen LogP) is 0.835. The third-order valence-corrected chi connectivity index (χ3v) is 1.43. The molecule has 0 fully saturated rings. The molecule has 1 rings (SSSR count). The van der Waals surface area contributed by atoms with Crippen LogP contribution < -0.4 is 0 Å². The van der Waals surface area contributed by atoms with E-state index in [9.17, 15) is 9.59 Å². The SMILES string of the molecule is CC(=O)c1ccc(C#CC=O)nc1. The maximum Gasteiger partial charge on any atom is 0.193 e. The average molecular weight is 173 g/mol. The molecule has 0 aromatic carbocycles. The number of carbonyl (C=O) groups is 2. The molecule has 1 heterocycles. The molecule has 0 atom stereocenters. The molecule has 0 saturated carbocycles. The highest BCUT2D eigenvalue weighted by atomic mass is 16.1. The molecule has 1 aromatic rings. The van der Waals surface area contributed by atoms with Crippen molar-refractivity contribution in [3.8, 4) is 11.8 Å². The molecule has 0 bridgehead atoms. The number of nitrogens with zero attached hydrogens (tertiary/aromatic N) is 1. The van der Waals surface area contributed by atoms with E-state index in [1.54, 1.807) is 12.1 Å². The molecule has 1 aromatic heterocycles. The molecular weight excluding hydrogens is 166 g/mol. The quantitative estimate of drug-likeness (QED) is 0.359. The second-order valence-electron chi connectivity index (χ2n) is 2.38. The normalized spacial score (nSPS) is 8.38. The van der Waals surface area contributed by atoms with E-state index in [4.69, 9.17) is 0 Å². The van der Waals surface area contributed by atoms with Crippen molar-refractivity contribution in [1.29, 1.82) is 0 Å². The summed E-state index contributed by atoms with van der Waals surface area (Å²) in [5.74, 6) is 4.72. The van der Waals surface area contributed by atoms with Crippen LogP contribution in [0.15, 0.2) is 18.3 Å². The molecule has 64 valence electrons. The van der Waals surface area contributed by atoms with Gasteiger partial charge < -0.3 is 0 Å². The fraction of sp³-hybridized carbons (Fsp3) is 0.100. The summed E-state index contributed by atoms with van der Waals surface area (Å²) in [5, 5.41) is 0. The van der Waals surface area contributed by atoms with Crippen LogP contribution in [0.2, 0.25) is 0 Å². The first kappa shape index (κ1) is 9.14. The number of aromatic nitrogens is 1. The highest BCUT2D eigenvalue weighted by molar-refractivity contribution is 5.93. The zero-order valence-corrected chi connectivity index (χ0v) is 7.07. The Morgan fingerprint density at radius 1 is 1.54 bits per heavy atom. The van der Waals surface area contributed by atoms with Crippen LogP contribution in [0, 0.1) is 11.8 Å². The van der Waals surface area contributed by atoms with Crippen LogP contribution in [0.25, 0.3) is 0 Å². The fourth-order valence-corrected chi connectivity index (χ4v) is 0.779. The molecule has 3 heteroatoms. The summed E-state index contributed by atoms with van der Waals surface area (Å²) in [7, 11) is 0. The van der Waals surface area contributed by atoms with Crippen molar-refractivity contribution in [2.45, 2.75) is 6.92 Å². The smallest absolute Gasteiger partial charge is 0.193 e. The van der Waals surface area contributed by atoms with Gasteiger partial charge in [0.05, 0.1) is 0 Å². The molecule has 0 aliphatic heterocycles. The maximum atomic E-state index is 10.8. The maximum absolute atomic E-state index is 10.8. The van der Waals surface area contributed by atoms with Gasteiger partial charge in [0.1, 0.15) is 5.69 Å². The molecule has 0 unspecified atom stereocenters. The topological polar surface area (TPSA) is 47.0 Å². The Balaban J connectivity index is 2.93. The summed E-state index contributed by atoms with van der Waals surface area (Å²) in [4.78, 5) is 24.6. The van der Waals surface area contributed by atoms with E-state index < -0.39 is 0 Å². The molecule has 3 nitrogen and oxygen atoms in total. The number of carbonyl (C=O) groups excluding carboxylic acids is 2. The molecule has 0 saturated heterocycles. The molecular formula is C10H7NO2. The Hall–Kier alpha value is -1.95.